The average molecular weight is 255 g/mol. The first kappa shape index (κ1) is 15.9. The summed E-state index contributed by atoms with van der Waals surface area (Å²) in [5.74, 6) is -2.54. The van der Waals surface area contributed by atoms with E-state index in [0.29, 0.717) is 0 Å². The molecule has 0 heterocycles. The monoisotopic (exact) mass is 254 g/mol. The summed E-state index contributed by atoms with van der Waals surface area (Å²) in [6, 6.07) is 0. The Bertz CT molecular complexity index is 292. The first-order valence-electron chi connectivity index (χ1n) is 2.87. The van der Waals surface area contributed by atoms with Gasteiger partial charge in [-0.05, 0) is 0 Å². The molecular weight excluding hydrogens is 249 g/mol. The van der Waals surface area contributed by atoms with Crippen LogP contribution in [0.5, 0.6) is 0 Å². The van der Waals surface area contributed by atoms with Gasteiger partial charge >= 0.3 is 9.33 Å². The highest BCUT2D eigenvalue weighted by Gasteiger charge is 2.12. The van der Waals surface area contributed by atoms with Gasteiger partial charge < -0.3 is 0 Å². The van der Waals surface area contributed by atoms with Crippen LogP contribution < -0.4 is 0 Å². The number of allylic oxidation sites excluding steroid dienone is 1. The number of halogens is 4. The van der Waals surface area contributed by atoms with Gasteiger partial charge in [0.25, 0.3) is 0 Å². The Morgan fingerprint density at radius 2 is 1.79 bits per heavy atom. The molecular formula is C5H6ClF3O4S. The predicted molar refractivity (Wildman–Crippen MR) is 43.3 cm³/mol. The maximum atomic E-state index is 11.6. The highest BCUT2D eigenvalue weighted by Crippen LogP contribution is 2.05. The molecule has 0 bridgehead atoms. The van der Waals surface area contributed by atoms with Crippen molar-refractivity contribution < 1.29 is 30.9 Å². The summed E-state index contributed by atoms with van der Waals surface area (Å²) in [5, 5.41) is 0. The van der Waals surface area contributed by atoms with Crippen molar-refractivity contribution in [2.75, 3.05) is 0 Å². The highest BCUT2D eigenvalue weighted by molar-refractivity contribution is 8.09. The molecule has 0 aliphatic heterocycles. The summed E-state index contributed by atoms with van der Waals surface area (Å²) in [4.78, 5) is 10.00. The molecule has 0 saturated heterocycles. The van der Waals surface area contributed by atoms with Crippen LogP contribution >= 0.6 is 10.7 Å². The van der Waals surface area contributed by atoms with Gasteiger partial charge in [-0.15, -0.1) is 0 Å². The van der Waals surface area contributed by atoms with E-state index in [1.807, 2.05) is 0 Å². The topological polar surface area (TPSA) is 71.4 Å². The van der Waals surface area contributed by atoms with Gasteiger partial charge in [-0.2, -0.15) is 8.42 Å². The first-order chi connectivity index (χ1) is 6.04. The summed E-state index contributed by atoms with van der Waals surface area (Å²) >= 11 is 0. The van der Waals surface area contributed by atoms with Gasteiger partial charge in [0.15, 0.2) is 11.6 Å². The Kier molecular flexibility index (Phi) is 7.69. The molecule has 84 valence electrons. The van der Waals surface area contributed by atoms with E-state index in [4.69, 9.17) is 13.0 Å². The van der Waals surface area contributed by atoms with Crippen LogP contribution in [0.1, 0.15) is 6.42 Å². The van der Waals surface area contributed by atoms with E-state index < -0.39 is 33.8 Å². The van der Waals surface area contributed by atoms with Gasteiger partial charge in [0.1, 0.15) is 0 Å². The average Bonchev–Trinajstić information content (AvgIpc) is 1.80. The zero-order valence-electron chi connectivity index (χ0n) is 6.58. The van der Waals surface area contributed by atoms with Gasteiger partial charge in [0.2, 0.25) is 6.43 Å². The van der Waals surface area contributed by atoms with E-state index in [1.54, 1.807) is 0 Å². The lowest BCUT2D eigenvalue weighted by atomic mass is 10.3. The fraction of sp³-hybridized carbons (Fsp3) is 0.400. The summed E-state index contributed by atoms with van der Waals surface area (Å²) in [6.45, 7) is 2.56. The van der Waals surface area contributed by atoms with E-state index in [1.165, 1.54) is 0 Å². The number of hydrogen-bond acceptors (Lipinski definition) is 3. The smallest absolute Gasteiger partial charge is 0.291 e. The number of ketones is 1. The van der Waals surface area contributed by atoms with Crippen LogP contribution in [-0.4, -0.2) is 25.2 Å². The SMILES string of the molecule is C=C(F)C(=O)CC(F)F.O=S(=O)(O)Cl. The van der Waals surface area contributed by atoms with Crippen molar-refractivity contribution in [3.05, 3.63) is 12.4 Å². The third-order valence-electron chi connectivity index (χ3n) is 0.642. The normalized spacial score (nSPS) is 10.4. The Balaban J connectivity index is 0. The zero-order valence-corrected chi connectivity index (χ0v) is 8.16. The van der Waals surface area contributed by atoms with Gasteiger partial charge in [-0.25, -0.2) is 13.2 Å². The van der Waals surface area contributed by atoms with Crippen molar-refractivity contribution in [2.24, 2.45) is 0 Å². The van der Waals surface area contributed by atoms with Crippen LogP contribution in [0, 0.1) is 0 Å². The molecule has 14 heavy (non-hydrogen) atoms. The maximum Gasteiger partial charge on any atom is 0.353 e. The van der Waals surface area contributed by atoms with Crippen molar-refractivity contribution >= 4 is 25.8 Å². The molecule has 0 rings (SSSR count). The molecule has 0 fully saturated rings. The quantitative estimate of drug-likeness (QED) is 0.473. The van der Waals surface area contributed by atoms with E-state index in [0.717, 1.165) is 0 Å². The van der Waals surface area contributed by atoms with Crippen LogP contribution in [0.15, 0.2) is 12.4 Å². The molecule has 0 aromatic heterocycles. The van der Waals surface area contributed by atoms with Crippen LogP contribution in [0.25, 0.3) is 0 Å². The van der Waals surface area contributed by atoms with E-state index in [2.05, 4.69) is 17.3 Å². The molecule has 0 atom stereocenters. The number of carbonyl (C=O) groups excluding carboxylic acids is 1. The van der Waals surface area contributed by atoms with Crippen LogP contribution in [0.4, 0.5) is 13.2 Å². The Morgan fingerprint density at radius 3 is 1.86 bits per heavy atom. The van der Waals surface area contributed by atoms with Crippen LogP contribution in [0.2, 0.25) is 0 Å². The molecule has 0 aliphatic rings. The van der Waals surface area contributed by atoms with Crippen LogP contribution in [-0.2, 0) is 14.1 Å². The molecule has 0 radical (unpaired) electrons. The lowest BCUT2D eigenvalue weighted by Crippen LogP contribution is -2.03. The second-order valence-corrected chi connectivity index (χ2v) is 3.83. The Labute approximate surface area is 82.6 Å². The van der Waals surface area contributed by atoms with Crippen molar-refractivity contribution in [3.8, 4) is 0 Å². The molecule has 0 spiro atoms. The highest BCUT2D eigenvalue weighted by atomic mass is 35.7. The fourth-order valence-corrected chi connectivity index (χ4v) is 0.251. The molecule has 0 amide bonds. The van der Waals surface area contributed by atoms with E-state index in [-0.39, 0.29) is 0 Å². The number of rotatable bonds is 3. The molecule has 4 nitrogen and oxygen atoms in total. The van der Waals surface area contributed by atoms with Gasteiger partial charge in [0.05, 0.1) is 6.42 Å². The number of alkyl halides is 2. The first-order valence-corrected chi connectivity index (χ1v) is 5.13. The Hall–Kier alpha value is -0.600. The number of carbonyl (C=O) groups is 1. The fourth-order valence-electron chi connectivity index (χ4n) is 0.251. The minimum Gasteiger partial charge on any atom is -0.291 e. The van der Waals surface area contributed by atoms with E-state index >= 15 is 0 Å². The van der Waals surface area contributed by atoms with Crippen molar-refractivity contribution in [2.45, 2.75) is 12.8 Å². The molecule has 0 aliphatic carbocycles. The van der Waals surface area contributed by atoms with E-state index in [9.17, 15) is 18.0 Å². The second-order valence-electron chi connectivity index (χ2n) is 1.84. The minimum atomic E-state index is -4.19. The lowest BCUT2D eigenvalue weighted by Gasteiger charge is -1.92. The summed E-state index contributed by atoms with van der Waals surface area (Å²) in [6.07, 6.45) is -3.86. The minimum absolute atomic E-state index is 1.07. The molecule has 1 N–H and O–H groups in total. The van der Waals surface area contributed by atoms with Crippen LogP contribution in [0.3, 0.4) is 0 Å². The van der Waals surface area contributed by atoms with Gasteiger partial charge in [0, 0.05) is 10.7 Å². The van der Waals surface area contributed by atoms with Gasteiger partial charge in [-0.1, -0.05) is 6.58 Å². The number of hydrogen-bond donors (Lipinski definition) is 1. The van der Waals surface area contributed by atoms with Gasteiger partial charge in [-0.3, -0.25) is 9.35 Å². The summed E-state index contributed by atoms with van der Waals surface area (Å²) < 4.78 is 59.2. The van der Waals surface area contributed by atoms with Crippen molar-refractivity contribution in [3.63, 3.8) is 0 Å². The van der Waals surface area contributed by atoms with Crippen molar-refractivity contribution in [1.29, 1.82) is 0 Å². The zero-order chi connectivity index (χ0) is 11.9. The third kappa shape index (κ3) is 22.5. The molecule has 0 aromatic carbocycles. The summed E-state index contributed by atoms with van der Waals surface area (Å²) in [5.41, 5.74) is 0. The second kappa shape index (κ2) is 6.80. The predicted octanol–water partition coefficient (Wildman–Crippen LogP) is 1.72. The maximum absolute atomic E-state index is 11.6. The molecule has 9 heteroatoms. The molecule has 0 aromatic rings. The molecule has 0 saturated carbocycles. The lowest BCUT2D eigenvalue weighted by molar-refractivity contribution is -0.119. The number of Topliss-reactive ketones (excluding diaryl/α,β-unsaturated/α-hetero) is 1. The third-order valence-corrected chi connectivity index (χ3v) is 0.642. The van der Waals surface area contributed by atoms with Crippen molar-refractivity contribution in [1.82, 2.24) is 0 Å². The molecule has 0 unspecified atom stereocenters. The standard InChI is InChI=1S/C5H5F3O.ClHO3S/c1-3(6)4(9)2-5(7)8;1-5(2,3)4/h5H,1-2H2;(H,2,3,4). The largest absolute Gasteiger partial charge is 0.353 e. The Morgan fingerprint density at radius 1 is 1.50 bits per heavy atom. The summed E-state index contributed by atoms with van der Waals surface area (Å²) in [7, 11) is -0.137.